The zero-order valence-electron chi connectivity index (χ0n) is 11.6. The van der Waals surface area contributed by atoms with Gasteiger partial charge < -0.3 is 11.1 Å². The molecule has 0 unspecified atom stereocenters. The molecule has 1 aromatic heterocycles. The molecule has 108 valence electrons. The second-order valence-electron chi connectivity index (χ2n) is 4.74. The van der Waals surface area contributed by atoms with Gasteiger partial charge in [-0.05, 0) is 23.6 Å². The first-order valence-corrected chi connectivity index (χ1v) is 6.71. The van der Waals surface area contributed by atoms with Crippen LogP contribution in [0.3, 0.4) is 0 Å². The van der Waals surface area contributed by atoms with Crippen LogP contribution in [0.1, 0.15) is 20.8 Å². The second-order valence-corrected chi connectivity index (χ2v) is 4.74. The third-order valence-corrected chi connectivity index (χ3v) is 3.33. The van der Waals surface area contributed by atoms with Gasteiger partial charge in [0.05, 0.1) is 11.3 Å². The molecule has 5 heteroatoms. The molecule has 3 N–H and O–H groups in total. The maximum atomic E-state index is 12.5. The van der Waals surface area contributed by atoms with Crippen molar-refractivity contribution in [1.82, 2.24) is 4.98 Å². The summed E-state index contributed by atoms with van der Waals surface area (Å²) in [6, 6.07) is 15.9. The molecule has 0 fully saturated rings. The van der Waals surface area contributed by atoms with E-state index in [9.17, 15) is 9.59 Å². The normalized spacial score (nSPS) is 10.4. The molecule has 2 aromatic carbocycles. The van der Waals surface area contributed by atoms with Gasteiger partial charge >= 0.3 is 0 Å². The number of primary amides is 1. The lowest BCUT2D eigenvalue weighted by Crippen LogP contribution is -2.19. The summed E-state index contributed by atoms with van der Waals surface area (Å²) in [5.41, 5.74) is 6.25. The summed E-state index contributed by atoms with van der Waals surface area (Å²) < 4.78 is 0. The van der Waals surface area contributed by atoms with Crippen molar-refractivity contribution in [2.45, 2.75) is 0 Å². The summed E-state index contributed by atoms with van der Waals surface area (Å²) in [7, 11) is 0. The number of nitrogens with two attached hydrogens (primary N) is 1. The standard InChI is InChI=1S/C17H13N3O2/c18-16(21)13-7-3-4-8-14(13)20-17(22)15-12-6-2-1-5-11(12)9-10-19-15/h1-10H,(H2,18,21)(H,20,22). The molecule has 5 nitrogen and oxygen atoms in total. The predicted octanol–water partition coefficient (Wildman–Crippen LogP) is 2.59. The van der Waals surface area contributed by atoms with Crippen LogP contribution >= 0.6 is 0 Å². The molecule has 0 spiro atoms. The van der Waals surface area contributed by atoms with Gasteiger partial charge in [0.15, 0.2) is 0 Å². The van der Waals surface area contributed by atoms with E-state index in [1.165, 1.54) is 0 Å². The van der Waals surface area contributed by atoms with Gasteiger partial charge in [0.2, 0.25) is 0 Å². The number of nitrogens with zero attached hydrogens (tertiary/aromatic N) is 1. The third-order valence-electron chi connectivity index (χ3n) is 3.33. The number of rotatable bonds is 3. The van der Waals surface area contributed by atoms with Crippen LogP contribution in [0.2, 0.25) is 0 Å². The largest absolute Gasteiger partial charge is 0.366 e. The fourth-order valence-corrected chi connectivity index (χ4v) is 2.29. The molecule has 0 aliphatic heterocycles. The second kappa shape index (κ2) is 5.65. The van der Waals surface area contributed by atoms with E-state index < -0.39 is 5.91 Å². The molecule has 0 aliphatic carbocycles. The number of pyridine rings is 1. The number of para-hydroxylation sites is 1. The van der Waals surface area contributed by atoms with E-state index in [0.717, 1.165) is 10.8 Å². The molecular formula is C17H13N3O2. The number of fused-ring (bicyclic) bond motifs is 1. The number of hydrogen-bond donors (Lipinski definition) is 2. The zero-order valence-corrected chi connectivity index (χ0v) is 11.6. The van der Waals surface area contributed by atoms with E-state index in [0.29, 0.717) is 11.4 Å². The van der Waals surface area contributed by atoms with Crippen LogP contribution in [0.15, 0.2) is 60.8 Å². The number of carbonyl (C=O) groups is 2. The molecule has 3 rings (SSSR count). The number of aromatic nitrogens is 1. The smallest absolute Gasteiger partial charge is 0.274 e. The Morgan fingerprint density at radius 1 is 0.955 bits per heavy atom. The zero-order chi connectivity index (χ0) is 15.5. The van der Waals surface area contributed by atoms with Crippen LogP contribution in [-0.4, -0.2) is 16.8 Å². The number of anilines is 1. The molecule has 0 bridgehead atoms. The molecule has 1 heterocycles. The molecular weight excluding hydrogens is 278 g/mol. The number of carbonyl (C=O) groups excluding carboxylic acids is 2. The maximum Gasteiger partial charge on any atom is 0.274 e. The van der Waals surface area contributed by atoms with Gasteiger partial charge in [-0.2, -0.15) is 0 Å². The minimum atomic E-state index is -0.596. The first-order valence-electron chi connectivity index (χ1n) is 6.71. The van der Waals surface area contributed by atoms with Crippen molar-refractivity contribution in [2.24, 2.45) is 5.73 Å². The maximum absolute atomic E-state index is 12.5. The first kappa shape index (κ1) is 13.8. The fraction of sp³-hybridized carbons (Fsp3) is 0. The Kier molecular flexibility index (Phi) is 3.53. The van der Waals surface area contributed by atoms with Gasteiger partial charge in [0.1, 0.15) is 5.69 Å². The Morgan fingerprint density at radius 3 is 2.50 bits per heavy atom. The van der Waals surface area contributed by atoms with Gasteiger partial charge in [-0.3, -0.25) is 14.6 Å². The van der Waals surface area contributed by atoms with Gasteiger partial charge in [-0.15, -0.1) is 0 Å². The minimum absolute atomic E-state index is 0.260. The molecule has 2 amide bonds. The average molecular weight is 291 g/mol. The SMILES string of the molecule is NC(=O)c1ccccc1NC(=O)c1nccc2ccccc12. The molecule has 0 atom stereocenters. The van der Waals surface area contributed by atoms with Crippen molar-refractivity contribution in [3.63, 3.8) is 0 Å². The van der Waals surface area contributed by atoms with E-state index in [4.69, 9.17) is 5.73 Å². The third kappa shape index (κ3) is 2.52. The molecule has 0 aliphatic rings. The lowest BCUT2D eigenvalue weighted by atomic mass is 10.1. The van der Waals surface area contributed by atoms with Crippen LogP contribution in [-0.2, 0) is 0 Å². The highest BCUT2D eigenvalue weighted by Crippen LogP contribution is 2.19. The van der Waals surface area contributed by atoms with E-state index >= 15 is 0 Å². The molecule has 0 saturated heterocycles. The van der Waals surface area contributed by atoms with Crippen molar-refractivity contribution in [3.8, 4) is 0 Å². The van der Waals surface area contributed by atoms with Crippen LogP contribution < -0.4 is 11.1 Å². The van der Waals surface area contributed by atoms with E-state index in [2.05, 4.69) is 10.3 Å². The number of benzene rings is 2. The predicted molar refractivity (Wildman–Crippen MR) is 84.7 cm³/mol. The van der Waals surface area contributed by atoms with Gasteiger partial charge in [0.25, 0.3) is 11.8 Å². The van der Waals surface area contributed by atoms with Crippen LogP contribution in [0.5, 0.6) is 0 Å². The number of nitrogens with one attached hydrogen (secondary N) is 1. The lowest BCUT2D eigenvalue weighted by Gasteiger charge is -2.09. The Balaban J connectivity index is 2.00. The summed E-state index contributed by atoms with van der Waals surface area (Å²) in [6.07, 6.45) is 1.58. The highest BCUT2D eigenvalue weighted by atomic mass is 16.2. The highest BCUT2D eigenvalue weighted by molar-refractivity contribution is 6.13. The molecule has 3 aromatic rings. The van der Waals surface area contributed by atoms with Gasteiger partial charge in [-0.25, -0.2) is 0 Å². The van der Waals surface area contributed by atoms with Crippen LogP contribution in [0, 0.1) is 0 Å². The van der Waals surface area contributed by atoms with Crippen molar-refractivity contribution in [3.05, 3.63) is 72.1 Å². The van der Waals surface area contributed by atoms with E-state index in [1.807, 2.05) is 30.3 Å². The summed E-state index contributed by atoms with van der Waals surface area (Å²) >= 11 is 0. The molecule has 22 heavy (non-hydrogen) atoms. The Labute approximate surface area is 126 Å². The summed E-state index contributed by atoms with van der Waals surface area (Å²) in [5, 5.41) is 4.37. The fourth-order valence-electron chi connectivity index (χ4n) is 2.29. The summed E-state index contributed by atoms with van der Waals surface area (Å²) in [5.74, 6) is -0.979. The van der Waals surface area contributed by atoms with Crippen molar-refractivity contribution < 1.29 is 9.59 Å². The van der Waals surface area contributed by atoms with E-state index in [1.54, 1.807) is 30.5 Å². The lowest BCUT2D eigenvalue weighted by molar-refractivity contribution is 0.100. The van der Waals surface area contributed by atoms with Crippen molar-refractivity contribution in [1.29, 1.82) is 0 Å². The average Bonchev–Trinajstić information content (AvgIpc) is 2.54. The summed E-state index contributed by atoms with van der Waals surface area (Å²) in [4.78, 5) is 28.0. The minimum Gasteiger partial charge on any atom is -0.366 e. The summed E-state index contributed by atoms with van der Waals surface area (Å²) in [6.45, 7) is 0. The number of hydrogen-bond acceptors (Lipinski definition) is 3. The highest BCUT2D eigenvalue weighted by Gasteiger charge is 2.14. The van der Waals surface area contributed by atoms with Crippen molar-refractivity contribution >= 4 is 28.3 Å². The first-order chi connectivity index (χ1) is 10.7. The quantitative estimate of drug-likeness (QED) is 0.777. The van der Waals surface area contributed by atoms with Crippen LogP contribution in [0.4, 0.5) is 5.69 Å². The Hall–Kier alpha value is -3.21. The van der Waals surface area contributed by atoms with E-state index in [-0.39, 0.29) is 11.5 Å². The molecule has 0 radical (unpaired) electrons. The number of amides is 2. The Bertz CT molecular complexity index is 869. The topological polar surface area (TPSA) is 85.1 Å². The molecule has 0 saturated carbocycles. The van der Waals surface area contributed by atoms with Crippen LogP contribution in [0.25, 0.3) is 10.8 Å². The Morgan fingerprint density at radius 2 is 1.68 bits per heavy atom. The van der Waals surface area contributed by atoms with Gasteiger partial charge in [0, 0.05) is 11.6 Å². The van der Waals surface area contributed by atoms with Gasteiger partial charge in [-0.1, -0.05) is 36.4 Å². The monoisotopic (exact) mass is 291 g/mol. The van der Waals surface area contributed by atoms with Crippen molar-refractivity contribution in [2.75, 3.05) is 5.32 Å².